The first-order chi connectivity index (χ1) is 11.9. The average Bonchev–Trinajstić information content (AvgIpc) is 2.57. The van der Waals surface area contributed by atoms with Crippen molar-refractivity contribution in [3.8, 4) is 0 Å². The predicted octanol–water partition coefficient (Wildman–Crippen LogP) is 4.72. The van der Waals surface area contributed by atoms with Crippen molar-refractivity contribution in [2.45, 2.75) is 27.7 Å². The molecule has 0 radical (unpaired) electrons. The summed E-state index contributed by atoms with van der Waals surface area (Å²) in [5, 5.41) is 6.91. The Morgan fingerprint density at radius 3 is 2.20 bits per heavy atom. The summed E-state index contributed by atoms with van der Waals surface area (Å²) in [6, 6.07) is 10.5. The standard InChI is InChI=1S/C19H25ClN3.ClH.Co/c1-14-7-5-8-15(2)18(14)21-11-12-23(20)13-22-19-16(3)9-6-10-17(19)4;;/h5-9,21-22H,11-13H2,1-4H3;1H;/q;;+1/p-1. The SMILES string of the molecule is Cc1cccc(C)c1NCCN(Cl)CNc1c(C)cc[c]([Co][Cl])c1C. The number of nitrogens with zero attached hydrogens (tertiary/aromatic N) is 1. The zero-order valence-electron chi connectivity index (χ0n) is 15.0. The van der Waals surface area contributed by atoms with Crippen LogP contribution in [0.25, 0.3) is 0 Å². The molecule has 0 aliphatic heterocycles. The van der Waals surface area contributed by atoms with Gasteiger partial charge < -0.3 is 0 Å². The Morgan fingerprint density at radius 1 is 0.920 bits per heavy atom. The van der Waals surface area contributed by atoms with Gasteiger partial charge in [0.2, 0.25) is 0 Å². The second-order valence-corrected chi connectivity index (χ2v) is 7.87. The molecule has 2 N–H and O–H groups in total. The van der Waals surface area contributed by atoms with Crippen LogP contribution in [0.1, 0.15) is 22.3 Å². The molecular weight excluding hydrogens is 400 g/mol. The van der Waals surface area contributed by atoms with Crippen LogP contribution in [0.3, 0.4) is 0 Å². The van der Waals surface area contributed by atoms with Gasteiger partial charge in [0.1, 0.15) is 0 Å². The maximum absolute atomic E-state index is 6.36. The van der Waals surface area contributed by atoms with Crippen LogP contribution in [-0.2, 0) is 13.8 Å². The molecule has 0 fully saturated rings. The van der Waals surface area contributed by atoms with E-state index in [2.05, 4.69) is 68.7 Å². The van der Waals surface area contributed by atoms with E-state index >= 15 is 0 Å². The van der Waals surface area contributed by atoms with E-state index in [-0.39, 0.29) is 0 Å². The molecule has 0 heterocycles. The molecule has 0 unspecified atom stereocenters. The number of hydrogen-bond acceptors (Lipinski definition) is 3. The second kappa shape index (κ2) is 9.69. The van der Waals surface area contributed by atoms with Crippen molar-refractivity contribution in [1.82, 2.24) is 4.42 Å². The number of anilines is 2. The summed E-state index contributed by atoms with van der Waals surface area (Å²) in [4.78, 5) is 0. The summed E-state index contributed by atoms with van der Waals surface area (Å²) in [6.45, 7) is 10.5. The third-order valence-electron chi connectivity index (χ3n) is 4.22. The van der Waals surface area contributed by atoms with Gasteiger partial charge in [-0.15, -0.1) is 0 Å². The molecule has 0 spiro atoms. The quantitative estimate of drug-likeness (QED) is 0.474. The summed E-state index contributed by atoms with van der Waals surface area (Å²) in [5.74, 6) is 0. The molecule has 3 nitrogen and oxygen atoms in total. The van der Waals surface area contributed by atoms with E-state index in [9.17, 15) is 0 Å². The molecule has 139 valence electrons. The first kappa shape index (κ1) is 20.4. The van der Waals surface area contributed by atoms with Crippen molar-refractivity contribution < 1.29 is 13.8 Å². The van der Waals surface area contributed by atoms with E-state index in [1.165, 1.54) is 27.9 Å². The number of para-hydroxylation sites is 1. The van der Waals surface area contributed by atoms with E-state index in [0.717, 1.165) is 37.1 Å². The van der Waals surface area contributed by atoms with E-state index in [0.29, 0.717) is 6.67 Å². The normalized spacial score (nSPS) is 11.2. The zero-order chi connectivity index (χ0) is 18.4. The van der Waals surface area contributed by atoms with Crippen LogP contribution in [0, 0.1) is 27.7 Å². The van der Waals surface area contributed by atoms with Crippen LogP contribution < -0.4 is 15.1 Å². The summed E-state index contributed by atoms with van der Waals surface area (Å²) in [6.07, 6.45) is 0. The molecule has 6 heteroatoms. The van der Waals surface area contributed by atoms with Crippen LogP contribution in [0.5, 0.6) is 0 Å². The van der Waals surface area contributed by atoms with Gasteiger partial charge in [0.15, 0.2) is 0 Å². The average molecular weight is 425 g/mol. The van der Waals surface area contributed by atoms with Crippen molar-refractivity contribution in [2.24, 2.45) is 0 Å². The van der Waals surface area contributed by atoms with E-state index in [4.69, 9.17) is 21.9 Å². The van der Waals surface area contributed by atoms with Crippen molar-refractivity contribution >= 4 is 37.8 Å². The molecule has 2 rings (SSSR count). The van der Waals surface area contributed by atoms with Gasteiger partial charge in [-0.1, -0.05) is 6.07 Å². The number of hydrogen-bond donors (Lipinski definition) is 2. The van der Waals surface area contributed by atoms with Gasteiger partial charge in [-0.3, -0.25) is 0 Å². The molecule has 2 aromatic carbocycles. The summed E-state index contributed by atoms with van der Waals surface area (Å²) >= 11 is 7.15. The van der Waals surface area contributed by atoms with Crippen molar-refractivity contribution in [3.63, 3.8) is 0 Å². The van der Waals surface area contributed by atoms with Crippen LogP contribution in [-0.4, -0.2) is 24.2 Å². The van der Waals surface area contributed by atoms with Crippen molar-refractivity contribution in [1.29, 1.82) is 0 Å². The number of halogens is 2. The van der Waals surface area contributed by atoms with Gasteiger partial charge in [0.25, 0.3) is 0 Å². The molecular formula is C19H25Cl2CoN3. The van der Waals surface area contributed by atoms with Gasteiger partial charge in [0.05, 0.1) is 0 Å². The topological polar surface area (TPSA) is 27.3 Å². The molecule has 0 aliphatic carbocycles. The zero-order valence-corrected chi connectivity index (χ0v) is 17.6. The Balaban J connectivity index is 1.86. The number of benzene rings is 2. The van der Waals surface area contributed by atoms with Crippen LogP contribution in [0.2, 0.25) is 0 Å². The van der Waals surface area contributed by atoms with Gasteiger partial charge in [-0.2, -0.15) is 0 Å². The fourth-order valence-electron chi connectivity index (χ4n) is 2.79. The monoisotopic (exact) mass is 424 g/mol. The van der Waals surface area contributed by atoms with Crippen molar-refractivity contribution in [2.75, 3.05) is 30.4 Å². The minimum atomic E-state index is 0.569. The number of aryl methyl sites for hydroxylation is 3. The minimum absolute atomic E-state index is 0.569. The third kappa shape index (κ3) is 5.53. The number of nitrogens with one attached hydrogen (secondary N) is 2. The van der Waals surface area contributed by atoms with Gasteiger partial charge in [-0.05, 0) is 0 Å². The molecule has 0 aliphatic rings. The molecule has 2 aromatic rings. The fraction of sp³-hybridized carbons (Fsp3) is 0.368. The van der Waals surface area contributed by atoms with Crippen molar-refractivity contribution in [3.05, 3.63) is 52.6 Å². The molecule has 0 bridgehead atoms. The second-order valence-electron chi connectivity index (χ2n) is 6.12. The van der Waals surface area contributed by atoms with Gasteiger partial charge in [-0.25, -0.2) is 0 Å². The molecule has 0 amide bonds. The fourth-order valence-corrected chi connectivity index (χ4v) is 3.93. The van der Waals surface area contributed by atoms with Gasteiger partial charge in [0, 0.05) is 0 Å². The van der Waals surface area contributed by atoms with Crippen LogP contribution >= 0.6 is 21.9 Å². The Hall–Kier alpha value is -0.914. The predicted molar refractivity (Wildman–Crippen MR) is 107 cm³/mol. The summed E-state index contributed by atoms with van der Waals surface area (Å²) in [5.41, 5.74) is 7.18. The first-order valence-corrected chi connectivity index (χ1v) is 10.5. The third-order valence-corrected chi connectivity index (χ3v) is 5.84. The maximum atomic E-state index is 6.36. The van der Waals surface area contributed by atoms with E-state index < -0.39 is 0 Å². The Bertz CT molecular complexity index is 702. The summed E-state index contributed by atoms with van der Waals surface area (Å²) < 4.78 is 2.87. The van der Waals surface area contributed by atoms with Crippen LogP contribution in [0.15, 0.2) is 30.3 Å². The summed E-state index contributed by atoms with van der Waals surface area (Å²) in [7, 11) is 5.97. The van der Waals surface area contributed by atoms with E-state index in [1.807, 2.05) is 0 Å². The Labute approximate surface area is 166 Å². The Morgan fingerprint density at radius 2 is 1.56 bits per heavy atom. The molecule has 0 saturated heterocycles. The molecule has 0 atom stereocenters. The molecule has 25 heavy (non-hydrogen) atoms. The molecule has 0 aromatic heterocycles. The van der Waals surface area contributed by atoms with Gasteiger partial charge >= 0.3 is 161 Å². The Kier molecular flexibility index (Phi) is 7.91. The first-order valence-electron chi connectivity index (χ1n) is 8.21. The number of rotatable bonds is 8. The molecule has 0 saturated carbocycles. The van der Waals surface area contributed by atoms with Crippen LogP contribution in [0.4, 0.5) is 11.4 Å². The van der Waals surface area contributed by atoms with E-state index in [1.54, 1.807) is 4.42 Å².